The largest absolute Gasteiger partial charge is 0.468 e. The molecule has 0 spiro atoms. The third-order valence-corrected chi connectivity index (χ3v) is 3.21. The Morgan fingerprint density at radius 2 is 1.84 bits per heavy atom. The summed E-state index contributed by atoms with van der Waals surface area (Å²) in [5, 5.41) is 3.19. The molecular formula is C15H17F2NO. The van der Waals surface area contributed by atoms with Crippen molar-refractivity contribution in [3.63, 3.8) is 0 Å². The van der Waals surface area contributed by atoms with Gasteiger partial charge < -0.3 is 9.73 Å². The molecule has 102 valence electrons. The molecular weight excluding hydrogens is 248 g/mol. The number of benzene rings is 1. The van der Waals surface area contributed by atoms with Gasteiger partial charge in [-0.15, -0.1) is 0 Å². The van der Waals surface area contributed by atoms with E-state index in [0.717, 1.165) is 5.76 Å². The molecule has 0 saturated heterocycles. The maximum Gasteiger partial charge on any atom is 0.128 e. The Bertz CT molecular complexity index is 552. The van der Waals surface area contributed by atoms with Gasteiger partial charge in [-0.25, -0.2) is 8.78 Å². The van der Waals surface area contributed by atoms with Crippen molar-refractivity contribution >= 4 is 0 Å². The number of hydrogen-bond donors (Lipinski definition) is 1. The minimum atomic E-state index is -0.398. The monoisotopic (exact) mass is 265 g/mol. The van der Waals surface area contributed by atoms with E-state index in [1.807, 2.05) is 13.0 Å². The Morgan fingerprint density at radius 3 is 2.47 bits per heavy atom. The summed E-state index contributed by atoms with van der Waals surface area (Å²) in [6, 6.07) is 5.72. The van der Waals surface area contributed by atoms with Gasteiger partial charge in [0.25, 0.3) is 0 Å². The second-order valence-electron chi connectivity index (χ2n) is 4.75. The number of hydrogen-bond acceptors (Lipinski definition) is 2. The molecule has 0 aliphatic heterocycles. The van der Waals surface area contributed by atoms with E-state index in [1.54, 1.807) is 26.2 Å². The van der Waals surface area contributed by atoms with Crippen LogP contribution in [-0.2, 0) is 0 Å². The fraction of sp³-hybridized carbons (Fsp3) is 0.333. The zero-order chi connectivity index (χ0) is 14.0. The normalized spacial score (nSPS) is 14.4. The predicted octanol–water partition coefficient (Wildman–Crippen LogP) is 4.28. The summed E-state index contributed by atoms with van der Waals surface area (Å²) in [6.45, 7) is 5.26. The Morgan fingerprint density at radius 1 is 1.11 bits per heavy atom. The first-order valence-electron chi connectivity index (χ1n) is 6.24. The van der Waals surface area contributed by atoms with Crippen LogP contribution in [0, 0.1) is 18.6 Å². The van der Waals surface area contributed by atoms with Gasteiger partial charge in [-0.3, -0.25) is 0 Å². The molecule has 0 fully saturated rings. The molecule has 0 bridgehead atoms. The zero-order valence-electron chi connectivity index (χ0n) is 11.2. The van der Waals surface area contributed by atoms with Crippen LogP contribution in [0.4, 0.5) is 8.78 Å². The van der Waals surface area contributed by atoms with Crippen LogP contribution in [0.3, 0.4) is 0 Å². The third-order valence-electron chi connectivity index (χ3n) is 3.21. The molecule has 2 atom stereocenters. The van der Waals surface area contributed by atoms with Crippen molar-refractivity contribution in [2.24, 2.45) is 0 Å². The molecule has 4 heteroatoms. The van der Waals surface area contributed by atoms with E-state index in [-0.39, 0.29) is 12.1 Å². The van der Waals surface area contributed by atoms with E-state index in [1.165, 1.54) is 12.1 Å². The molecule has 1 heterocycles. The van der Waals surface area contributed by atoms with Gasteiger partial charge >= 0.3 is 0 Å². The van der Waals surface area contributed by atoms with Crippen molar-refractivity contribution in [3.05, 3.63) is 59.1 Å². The van der Waals surface area contributed by atoms with Crippen LogP contribution in [0.1, 0.15) is 42.8 Å². The number of nitrogens with one attached hydrogen (secondary N) is 1. The molecule has 2 unspecified atom stereocenters. The number of rotatable bonds is 4. The lowest BCUT2D eigenvalue weighted by Crippen LogP contribution is -2.23. The van der Waals surface area contributed by atoms with Crippen molar-refractivity contribution < 1.29 is 13.2 Å². The molecule has 0 amide bonds. The van der Waals surface area contributed by atoms with Gasteiger partial charge in [0, 0.05) is 11.6 Å². The molecule has 1 N–H and O–H groups in total. The summed E-state index contributed by atoms with van der Waals surface area (Å²) in [6.07, 6.45) is 1.59. The van der Waals surface area contributed by atoms with Crippen LogP contribution >= 0.6 is 0 Å². The Kier molecular flexibility index (Phi) is 4.00. The number of furan rings is 1. The van der Waals surface area contributed by atoms with Gasteiger partial charge in [0.2, 0.25) is 0 Å². The van der Waals surface area contributed by atoms with Crippen LogP contribution < -0.4 is 5.32 Å². The summed E-state index contributed by atoms with van der Waals surface area (Å²) in [7, 11) is 0. The SMILES string of the molecule is Cc1cc(F)c(C(C)NC(C)c2ccco2)cc1F. The summed E-state index contributed by atoms with van der Waals surface area (Å²) in [4.78, 5) is 0. The van der Waals surface area contributed by atoms with Gasteiger partial charge in [0.15, 0.2) is 0 Å². The van der Waals surface area contributed by atoms with Crippen molar-refractivity contribution in [2.75, 3.05) is 0 Å². The van der Waals surface area contributed by atoms with Crippen LogP contribution in [0.2, 0.25) is 0 Å². The maximum absolute atomic E-state index is 13.8. The molecule has 2 rings (SSSR count). The third kappa shape index (κ3) is 3.01. The first-order chi connectivity index (χ1) is 8.99. The lowest BCUT2D eigenvalue weighted by Gasteiger charge is -2.19. The first kappa shape index (κ1) is 13.7. The Balaban J connectivity index is 2.16. The highest BCUT2D eigenvalue weighted by molar-refractivity contribution is 5.27. The van der Waals surface area contributed by atoms with Crippen molar-refractivity contribution in [2.45, 2.75) is 32.9 Å². The van der Waals surface area contributed by atoms with E-state index in [2.05, 4.69) is 5.32 Å². The Hall–Kier alpha value is -1.68. The van der Waals surface area contributed by atoms with Gasteiger partial charge in [-0.05, 0) is 50.6 Å². The maximum atomic E-state index is 13.8. The zero-order valence-corrected chi connectivity index (χ0v) is 11.2. The second kappa shape index (κ2) is 5.53. The van der Waals surface area contributed by atoms with Crippen LogP contribution in [0.15, 0.2) is 34.9 Å². The molecule has 0 aliphatic rings. The molecule has 19 heavy (non-hydrogen) atoms. The lowest BCUT2D eigenvalue weighted by molar-refractivity contribution is 0.396. The quantitative estimate of drug-likeness (QED) is 0.892. The summed E-state index contributed by atoms with van der Waals surface area (Å²) in [5.74, 6) is -0.0268. The minimum absolute atomic E-state index is 0.0752. The molecule has 0 saturated carbocycles. The highest BCUT2D eigenvalue weighted by atomic mass is 19.1. The van der Waals surface area contributed by atoms with Crippen molar-refractivity contribution in [1.29, 1.82) is 0 Å². The highest BCUT2D eigenvalue weighted by Gasteiger charge is 2.17. The number of aryl methyl sites for hydroxylation is 1. The fourth-order valence-electron chi connectivity index (χ4n) is 2.08. The van der Waals surface area contributed by atoms with Gasteiger partial charge in [-0.2, -0.15) is 0 Å². The van der Waals surface area contributed by atoms with E-state index < -0.39 is 11.6 Å². The second-order valence-corrected chi connectivity index (χ2v) is 4.75. The molecule has 2 aromatic rings. The van der Waals surface area contributed by atoms with Crippen molar-refractivity contribution in [1.82, 2.24) is 5.32 Å². The van der Waals surface area contributed by atoms with Gasteiger partial charge in [-0.1, -0.05) is 0 Å². The Labute approximate surface area is 111 Å². The van der Waals surface area contributed by atoms with Gasteiger partial charge in [0.05, 0.1) is 12.3 Å². The standard InChI is InChI=1S/C15H17F2NO/c1-9-7-14(17)12(8-13(9)16)10(2)18-11(3)15-5-4-6-19-15/h4-8,10-11,18H,1-3H3. The lowest BCUT2D eigenvalue weighted by atomic mass is 10.0. The van der Waals surface area contributed by atoms with E-state index in [4.69, 9.17) is 4.42 Å². The van der Waals surface area contributed by atoms with E-state index in [9.17, 15) is 8.78 Å². The highest BCUT2D eigenvalue weighted by Crippen LogP contribution is 2.23. The summed E-state index contributed by atoms with van der Waals surface area (Å²) in [5.41, 5.74) is 0.633. The van der Waals surface area contributed by atoms with Gasteiger partial charge in [0.1, 0.15) is 17.4 Å². The predicted molar refractivity (Wildman–Crippen MR) is 69.8 cm³/mol. The summed E-state index contributed by atoms with van der Waals surface area (Å²) < 4.78 is 32.6. The van der Waals surface area contributed by atoms with Crippen molar-refractivity contribution in [3.8, 4) is 0 Å². The number of halogens is 2. The molecule has 1 aromatic carbocycles. The summed E-state index contributed by atoms with van der Waals surface area (Å²) >= 11 is 0. The molecule has 2 nitrogen and oxygen atoms in total. The molecule has 0 radical (unpaired) electrons. The average Bonchev–Trinajstić information content (AvgIpc) is 2.87. The first-order valence-corrected chi connectivity index (χ1v) is 6.24. The molecule has 0 aliphatic carbocycles. The van der Waals surface area contributed by atoms with E-state index >= 15 is 0 Å². The van der Waals surface area contributed by atoms with E-state index in [0.29, 0.717) is 11.1 Å². The topological polar surface area (TPSA) is 25.2 Å². The minimum Gasteiger partial charge on any atom is -0.468 e. The van der Waals surface area contributed by atoms with Crippen LogP contribution in [0.25, 0.3) is 0 Å². The average molecular weight is 265 g/mol. The fourth-order valence-corrected chi connectivity index (χ4v) is 2.08. The smallest absolute Gasteiger partial charge is 0.128 e. The molecule has 1 aromatic heterocycles. The van der Waals surface area contributed by atoms with Crippen LogP contribution in [0.5, 0.6) is 0 Å². The van der Waals surface area contributed by atoms with Crippen LogP contribution in [-0.4, -0.2) is 0 Å².